The highest BCUT2D eigenvalue weighted by Crippen LogP contribution is 2.38. The van der Waals surface area contributed by atoms with Crippen LogP contribution in [0.4, 0.5) is 11.8 Å². The van der Waals surface area contributed by atoms with Crippen LogP contribution in [0.1, 0.15) is 21.5 Å². The van der Waals surface area contributed by atoms with Gasteiger partial charge in [0, 0.05) is 36.1 Å². The van der Waals surface area contributed by atoms with Gasteiger partial charge in [0.2, 0.25) is 11.7 Å². The summed E-state index contributed by atoms with van der Waals surface area (Å²) in [6.07, 6.45) is 5.21. The number of anilines is 2. The van der Waals surface area contributed by atoms with Crippen molar-refractivity contribution < 1.29 is 19.0 Å². The van der Waals surface area contributed by atoms with Crippen LogP contribution in [0, 0.1) is 0 Å². The molecule has 3 rings (SSSR count). The van der Waals surface area contributed by atoms with E-state index in [2.05, 4.69) is 15.0 Å². The molecule has 1 aromatic carbocycles. The molecule has 2 aromatic heterocycles. The van der Waals surface area contributed by atoms with Crippen molar-refractivity contribution in [3.05, 3.63) is 59.5 Å². The first-order valence-electron chi connectivity index (χ1n) is 9.00. The minimum Gasteiger partial charge on any atom is -0.493 e. The summed E-state index contributed by atoms with van der Waals surface area (Å²) in [5, 5.41) is 0. The van der Waals surface area contributed by atoms with Crippen LogP contribution in [0.3, 0.4) is 0 Å². The number of pyridine rings is 1. The number of methoxy groups -OCH3 is 3. The number of aromatic nitrogens is 3. The number of nitrogens with one attached hydrogen (secondary N) is 1. The first kappa shape index (κ1) is 23.2. The van der Waals surface area contributed by atoms with Gasteiger partial charge in [-0.3, -0.25) is 15.2 Å². The molecule has 2 heterocycles. The summed E-state index contributed by atoms with van der Waals surface area (Å²) in [6.45, 7) is 0. The zero-order chi connectivity index (χ0) is 22.8. The number of carbonyl (C=O) groups excluding carboxylic acids is 1. The zero-order valence-electron chi connectivity index (χ0n) is 17.5. The number of nitrogens with zero attached hydrogens (tertiary/aromatic N) is 3. The topological polar surface area (TPSA) is 174 Å². The van der Waals surface area contributed by atoms with Crippen LogP contribution in [0.25, 0.3) is 0 Å². The highest BCUT2D eigenvalue weighted by Gasteiger charge is 2.14. The van der Waals surface area contributed by atoms with Crippen molar-refractivity contribution in [2.75, 3.05) is 32.8 Å². The van der Waals surface area contributed by atoms with E-state index in [0.717, 1.165) is 11.1 Å². The van der Waals surface area contributed by atoms with E-state index in [1.165, 1.54) is 12.4 Å². The van der Waals surface area contributed by atoms with E-state index in [4.69, 9.17) is 31.5 Å². The number of hydrogen-bond acceptors (Lipinski definition) is 10. The molecule has 0 saturated heterocycles. The standard InChI is InChI=1S/C14H18N4O3.C6H7N3O/c1-19-10-5-8(6-11(20-2)12(10)21-3)4-9-7-17-14(16)18-13(9)15;7-9-6(10)5-1-3-8-4-2-5/h5-7H,4H2,1-3H3,(H4,15,16,17,18);1-4H,7H2,(H,9,10). The van der Waals surface area contributed by atoms with Crippen LogP contribution >= 0.6 is 0 Å². The van der Waals surface area contributed by atoms with Crippen molar-refractivity contribution in [2.45, 2.75) is 6.42 Å². The fraction of sp³-hybridized carbons (Fsp3) is 0.200. The second kappa shape index (κ2) is 11.2. The summed E-state index contributed by atoms with van der Waals surface area (Å²) in [5.41, 5.74) is 15.6. The molecule has 11 nitrogen and oxygen atoms in total. The van der Waals surface area contributed by atoms with E-state index in [1.54, 1.807) is 39.7 Å². The predicted octanol–water partition coefficient (Wildman–Crippen LogP) is 0.943. The smallest absolute Gasteiger partial charge is 0.265 e. The highest BCUT2D eigenvalue weighted by atomic mass is 16.5. The molecule has 0 fully saturated rings. The minimum absolute atomic E-state index is 0.154. The van der Waals surface area contributed by atoms with Gasteiger partial charge in [0.1, 0.15) is 5.82 Å². The maximum atomic E-state index is 10.7. The van der Waals surface area contributed by atoms with Gasteiger partial charge in [-0.05, 0) is 29.8 Å². The Morgan fingerprint density at radius 1 is 1.03 bits per heavy atom. The minimum atomic E-state index is -0.303. The third-order valence-corrected chi connectivity index (χ3v) is 4.11. The maximum Gasteiger partial charge on any atom is 0.265 e. The zero-order valence-corrected chi connectivity index (χ0v) is 17.5. The van der Waals surface area contributed by atoms with E-state index in [-0.39, 0.29) is 11.9 Å². The van der Waals surface area contributed by atoms with E-state index >= 15 is 0 Å². The molecule has 3 aromatic rings. The molecule has 11 heteroatoms. The van der Waals surface area contributed by atoms with E-state index in [1.807, 2.05) is 17.6 Å². The van der Waals surface area contributed by atoms with Crippen molar-refractivity contribution >= 4 is 17.7 Å². The number of benzene rings is 1. The lowest BCUT2D eigenvalue weighted by Crippen LogP contribution is -2.29. The van der Waals surface area contributed by atoms with Crippen molar-refractivity contribution in [2.24, 2.45) is 5.84 Å². The lowest BCUT2D eigenvalue weighted by molar-refractivity contribution is 0.0953. The number of hydrazine groups is 1. The summed E-state index contributed by atoms with van der Waals surface area (Å²) in [6, 6.07) is 6.89. The van der Waals surface area contributed by atoms with E-state index in [0.29, 0.717) is 35.1 Å². The fourth-order valence-electron chi connectivity index (χ4n) is 2.61. The number of nitrogen functional groups attached to an aromatic ring is 3. The monoisotopic (exact) mass is 427 g/mol. The normalized spacial score (nSPS) is 9.81. The summed E-state index contributed by atoms with van der Waals surface area (Å²) in [4.78, 5) is 22.4. The molecule has 0 spiro atoms. The molecule has 164 valence electrons. The van der Waals surface area contributed by atoms with Crippen LogP contribution < -0.4 is 36.9 Å². The molecule has 0 aliphatic rings. The van der Waals surface area contributed by atoms with Crippen LogP contribution in [0.5, 0.6) is 17.2 Å². The summed E-state index contributed by atoms with van der Waals surface area (Å²) < 4.78 is 15.9. The molecule has 0 radical (unpaired) electrons. The molecule has 0 bridgehead atoms. The van der Waals surface area contributed by atoms with Crippen molar-refractivity contribution in [3.8, 4) is 17.2 Å². The van der Waals surface area contributed by atoms with Crippen LogP contribution in [0.15, 0.2) is 42.9 Å². The third kappa shape index (κ3) is 6.18. The van der Waals surface area contributed by atoms with Crippen molar-refractivity contribution in [1.82, 2.24) is 20.4 Å². The van der Waals surface area contributed by atoms with Crippen molar-refractivity contribution in [3.63, 3.8) is 0 Å². The van der Waals surface area contributed by atoms with E-state index < -0.39 is 0 Å². The molecule has 0 aliphatic heterocycles. The largest absolute Gasteiger partial charge is 0.493 e. The van der Waals surface area contributed by atoms with Gasteiger partial charge in [-0.2, -0.15) is 4.98 Å². The maximum absolute atomic E-state index is 10.7. The van der Waals surface area contributed by atoms with Gasteiger partial charge in [0.05, 0.1) is 21.3 Å². The Bertz CT molecular complexity index is 991. The van der Waals surface area contributed by atoms with Crippen LogP contribution in [-0.2, 0) is 6.42 Å². The molecule has 0 unspecified atom stereocenters. The number of rotatable bonds is 6. The van der Waals surface area contributed by atoms with E-state index in [9.17, 15) is 4.79 Å². The van der Waals surface area contributed by atoms with Crippen LogP contribution in [-0.4, -0.2) is 42.2 Å². The van der Waals surface area contributed by atoms with Gasteiger partial charge in [0.25, 0.3) is 5.91 Å². The second-order valence-electron chi connectivity index (χ2n) is 6.06. The Kier molecular flexibility index (Phi) is 8.34. The van der Waals surface area contributed by atoms with Gasteiger partial charge < -0.3 is 25.7 Å². The lowest BCUT2D eigenvalue weighted by Gasteiger charge is -2.14. The average Bonchev–Trinajstić information content (AvgIpc) is 2.80. The molecule has 0 atom stereocenters. The molecule has 0 aliphatic carbocycles. The first-order valence-corrected chi connectivity index (χ1v) is 9.00. The molecular weight excluding hydrogens is 402 g/mol. The second-order valence-corrected chi connectivity index (χ2v) is 6.06. The molecular formula is C20H25N7O4. The quantitative estimate of drug-likeness (QED) is 0.252. The lowest BCUT2D eigenvalue weighted by atomic mass is 10.1. The van der Waals surface area contributed by atoms with Gasteiger partial charge in [-0.15, -0.1) is 0 Å². The van der Waals surface area contributed by atoms with Crippen LogP contribution in [0.2, 0.25) is 0 Å². The number of hydrogen-bond donors (Lipinski definition) is 4. The Labute approximate surface area is 179 Å². The number of carbonyl (C=O) groups is 1. The van der Waals surface area contributed by atoms with Gasteiger partial charge in [-0.1, -0.05) is 0 Å². The molecule has 1 amide bonds. The van der Waals surface area contributed by atoms with Crippen molar-refractivity contribution in [1.29, 1.82) is 0 Å². The third-order valence-electron chi connectivity index (χ3n) is 4.11. The fourth-order valence-corrected chi connectivity index (χ4v) is 2.61. The number of ether oxygens (including phenoxy) is 3. The van der Waals surface area contributed by atoms with Gasteiger partial charge in [-0.25, -0.2) is 10.8 Å². The Balaban J connectivity index is 0.000000285. The van der Waals surface area contributed by atoms with Gasteiger partial charge in [0.15, 0.2) is 11.5 Å². The SMILES string of the molecule is COc1cc(Cc2cnc(N)nc2N)cc(OC)c1OC.NNC(=O)c1ccncc1. The molecule has 0 saturated carbocycles. The Morgan fingerprint density at radius 2 is 1.65 bits per heavy atom. The Morgan fingerprint density at radius 3 is 2.13 bits per heavy atom. The Hall–Kier alpha value is -4.12. The average molecular weight is 427 g/mol. The molecule has 31 heavy (non-hydrogen) atoms. The number of amides is 1. The summed E-state index contributed by atoms with van der Waals surface area (Å²) >= 11 is 0. The highest BCUT2D eigenvalue weighted by molar-refractivity contribution is 5.93. The first-order chi connectivity index (χ1) is 14.9. The van der Waals surface area contributed by atoms with Gasteiger partial charge >= 0.3 is 0 Å². The summed E-state index contributed by atoms with van der Waals surface area (Å²) in [7, 11) is 4.70. The molecule has 7 N–H and O–H groups in total. The predicted molar refractivity (Wildman–Crippen MR) is 116 cm³/mol. The summed E-state index contributed by atoms with van der Waals surface area (Å²) in [5.74, 6) is 6.81. The number of nitrogens with two attached hydrogens (primary N) is 3.